The van der Waals surface area contributed by atoms with Gasteiger partial charge in [0.1, 0.15) is 18.0 Å². The van der Waals surface area contributed by atoms with Gasteiger partial charge >= 0.3 is 5.69 Å². The lowest BCUT2D eigenvalue weighted by molar-refractivity contribution is -0.0458. The van der Waals surface area contributed by atoms with E-state index in [4.69, 9.17) is 4.74 Å². The summed E-state index contributed by atoms with van der Waals surface area (Å²) in [5, 5.41) is 18.9. The first kappa shape index (κ1) is 19.4. The molecular formula is C14H24N2O6SSi. The van der Waals surface area contributed by atoms with Gasteiger partial charge in [0.25, 0.3) is 5.56 Å². The molecule has 1 saturated heterocycles. The predicted octanol–water partition coefficient (Wildman–Crippen LogP) is -0.757. The molecule has 0 saturated carbocycles. The zero-order valence-corrected chi connectivity index (χ0v) is 15.8. The van der Waals surface area contributed by atoms with Gasteiger partial charge in [-0.3, -0.25) is 14.3 Å². The Hall–Kier alpha value is -0.913. The number of aliphatic hydroxyl groups excluding tert-OH is 2. The molecule has 0 spiro atoms. The van der Waals surface area contributed by atoms with Gasteiger partial charge in [0.05, 0.1) is 6.61 Å². The Morgan fingerprint density at radius 2 is 2.08 bits per heavy atom. The van der Waals surface area contributed by atoms with Crippen molar-refractivity contribution >= 4 is 19.2 Å². The summed E-state index contributed by atoms with van der Waals surface area (Å²) < 4.78 is 19.4. The third-order valence-corrected chi connectivity index (χ3v) is 7.81. The lowest BCUT2D eigenvalue weighted by Crippen LogP contribution is -2.44. The van der Waals surface area contributed by atoms with Crippen molar-refractivity contribution in [3.05, 3.63) is 33.1 Å². The van der Waals surface area contributed by atoms with Crippen molar-refractivity contribution in [2.24, 2.45) is 0 Å². The standard InChI is InChI=1S/C14H24N2O6SSi/c1-24(2,3)7-6-23(21)12-11(19)9(8-17)22-13(12)16-5-4-10(18)15-14(16)20/h4-5,9,11-13,17,19H,6-8H2,1-3H3,(H,15,18,20)/t9-,11+,12?,13-,23?/m1/s1. The molecule has 10 heteroatoms. The van der Waals surface area contributed by atoms with E-state index in [1.807, 2.05) is 0 Å². The average Bonchev–Trinajstić information content (AvgIpc) is 2.80. The van der Waals surface area contributed by atoms with Crippen molar-refractivity contribution in [3.8, 4) is 0 Å². The van der Waals surface area contributed by atoms with Crippen LogP contribution < -0.4 is 11.2 Å². The smallest absolute Gasteiger partial charge is 0.330 e. The number of rotatable bonds is 6. The number of hydrogen-bond acceptors (Lipinski definition) is 6. The zero-order chi connectivity index (χ0) is 18.1. The number of ether oxygens (including phenoxy) is 1. The average molecular weight is 377 g/mol. The van der Waals surface area contributed by atoms with E-state index < -0.39 is 60.8 Å². The van der Waals surface area contributed by atoms with Crippen LogP contribution in [0.25, 0.3) is 0 Å². The summed E-state index contributed by atoms with van der Waals surface area (Å²) in [5.74, 6) is 0.396. The highest BCUT2D eigenvalue weighted by Gasteiger charge is 2.51. The molecule has 1 aliphatic rings. The topological polar surface area (TPSA) is 128 Å². The molecule has 1 aliphatic heterocycles. The van der Waals surface area contributed by atoms with Crippen LogP contribution in [0, 0.1) is 0 Å². The monoisotopic (exact) mass is 376 g/mol. The quantitative estimate of drug-likeness (QED) is 0.442. The minimum Gasteiger partial charge on any atom is -0.616 e. The number of H-pyrrole nitrogens is 1. The molecule has 1 aromatic rings. The highest BCUT2D eigenvalue weighted by atomic mass is 32.2. The van der Waals surface area contributed by atoms with Gasteiger partial charge in [-0.05, 0) is 17.2 Å². The molecule has 1 fully saturated rings. The van der Waals surface area contributed by atoms with E-state index >= 15 is 0 Å². The molecule has 0 aromatic carbocycles. The molecule has 3 N–H and O–H groups in total. The van der Waals surface area contributed by atoms with Crippen LogP contribution in [0.15, 0.2) is 21.9 Å². The summed E-state index contributed by atoms with van der Waals surface area (Å²) in [6, 6.07) is 1.96. The summed E-state index contributed by atoms with van der Waals surface area (Å²) in [6.07, 6.45) is -1.82. The van der Waals surface area contributed by atoms with Gasteiger partial charge in [-0.1, -0.05) is 19.6 Å². The Bertz CT molecular complexity index is 672. The van der Waals surface area contributed by atoms with Gasteiger partial charge in [0.15, 0.2) is 11.5 Å². The summed E-state index contributed by atoms with van der Waals surface area (Å²) in [7, 11) is -1.42. The van der Waals surface area contributed by atoms with Gasteiger partial charge in [0.2, 0.25) is 0 Å². The molecule has 2 rings (SSSR count). The second-order valence-electron chi connectivity index (χ2n) is 7.12. The Morgan fingerprint density at radius 3 is 2.62 bits per heavy atom. The Balaban J connectivity index is 2.29. The number of aromatic amines is 1. The number of hydrogen-bond donors (Lipinski definition) is 3. The number of nitrogens with one attached hydrogen (secondary N) is 1. The van der Waals surface area contributed by atoms with Crippen molar-refractivity contribution in [3.63, 3.8) is 0 Å². The molecule has 2 heterocycles. The van der Waals surface area contributed by atoms with Crippen molar-refractivity contribution in [1.82, 2.24) is 9.55 Å². The molecule has 0 bridgehead atoms. The second-order valence-corrected chi connectivity index (χ2v) is 14.5. The third kappa shape index (κ3) is 4.38. The first-order valence-electron chi connectivity index (χ1n) is 7.77. The largest absolute Gasteiger partial charge is 0.616 e. The van der Waals surface area contributed by atoms with Gasteiger partial charge in [-0.2, -0.15) is 0 Å². The van der Waals surface area contributed by atoms with E-state index in [1.165, 1.54) is 6.20 Å². The predicted molar refractivity (Wildman–Crippen MR) is 93.3 cm³/mol. The van der Waals surface area contributed by atoms with Crippen LogP contribution in [0.1, 0.15) is 6.23 Å². The Labute approximate surface area is 143 Å². The molecule has 1 aromatic heterocycles. The van der Waals surface area contributed by atoms with Gasteiger partial charge in [0, 0.05) is 20.3 Å². The lowest BCUT2D eigenvalue weighted by Gasteiger charge is -2.26. The SMILES string of the molecule is C[Si](C)(C)CC[S+]([O-])C1[C@@H](O)[C@@H](CO)O[C@H]1n1ccc(=O)[nH]c1=O. The molecule has 136 valence electrons. The van der Waals surface area contributed by atoms with Crippen LogP contribution in [0.3, 0.4) is 0 Å². The van der Waals surface area contributed by atoms with Crippen LogP contribution in [-0.2, 0) is 15.9 Å². The van der Waals surface area contributed by atoms with Gasteiger partial charge in [-0.15, -0.1) is 0 Å². The molecular weight excluding hydrogens is 352 g/mol. The maximum Gasteiger partial charge on any atom is 0.330 e. The van der Waals surface area contributed by atoms with Crippen LogP contribution in [-0.4, -0.2) is 62.2 Å². The summed E-state index contributed by atoms with van der Waals surface area (Å²) in [6.45, 7) is 6.03. The van der Waals surface area contributed by atoms with Crippen molar-refractivity contribution < 1.29 is 19.5 Å². The first-order chi connectivity index (χ1) is 11.1. The molecule has 2 unspecified atom stereocenters. The fraction of sp³-hybridized carbons (Fsp3) is 0.714. The minimum atomic E-state index is -1.44. The molecule has 5 atom stereocenters. The molecule has 8 nitrogen and oxygen atoms in total. The van der Waals surface area contributed by atoms with E-state index in [1.54, 1.807) is 0 Å². The van der Waals surface area contributed by atoms with E-state index in [-0.39, 0.29) is 0 Å². The Kier molecular flexibility index (Phi) is 6.10. The first-order valence-corrected chi connectivity index (χ1v) is 12.9. The van der Waals surface area contributed by atoms with Gasteiger partial charge < -0.3 is 19.5 Å². The van der Waals surface area contributed by atoms with E-state index in [2.05, 4.69) is 24.6 Å². The Morgan fingerprint density at radius 1 is 1.42 bits per heavy atom. The summed E-state index contributed by atoms with van der Waals surface area (Å²) in [4.78, 5) is 25.3. The van der Waals surface area contributed by atoms with E-state index in [0.717, 1.165) is 16.7 Å². The maximum atomic E-state index is 12.8. The normalized spacial score (nSPS) is 28.9. The van der Waals surface area contributed by atoms with Crippen molar-refractivity contribution in [2.75, 3.05) is 12.4 Å². The third-order valence-electron chi connectivity index (χ3n) is 3.97. The van der Waals surface area contributed by atoms with E-state index in [9.17, 15) is 24.4 Å². The van der Waals surface area contributed by atoms with Crippen molar-refractivity contribution in [2.45, 2.75) is 49.4 Å². The van der Waals surface area contributed by atoms with Crippen LogP contribution in [0.4, 0.5) is 0 Å². The van der Waals surface area contributed by atoms with Crippen molar-refractivity contribution in [1.29, 1.82) is 0 Å². The minimum absolute atomic E-state index is 0.396. The fourth-order valence-electron chi connectivity index (χ4n) is 2.55. The molecule has 24 heavy (non-hydrogen) atoms. The number of aromatic nitrogens is 2. The number of nitrogens with zero attached hydrogens (tertiary/aromatic N) is 1. The highest BCUT2D eigenvalue weighted by Crippen LogP contribution is 2.34. The summed E-state index contributed by atoms with van der Waals surface area (Å²) >= 11 is -1.44. The fourth-order valence-corrected chi connectivity index (χ4v) is 7.02. The van der Waals surface area contributed by atoms with Crippen LogP contribution in [0.5, 0.6) is 0 Å². The summed E-state index contributed by atoms with van der Waals surface area (Å²) in [5.41, 5.74) is -1.25. The molecule has 0 amide bonds. The van der Waals surface area contributed by atoms with Gasteiger partial charge in [-0.25, -0.2) is 4.79 Å². The zero-order valence-electron chi connectivity index (χ0n) is 14.0. The molecule has 0 radical (unpaired) electrons. The maximum absolute atomic E-state index is 12.8. The highest BCUT2D eigenvalue weighted by molar-refractivity contribution is 7.92. The number of aliphatic hydroxyl groups is 2. The lowest BCUT2D eigenvalue weighted by atomic mass is 10.2. The molecule has 0 aliphatic carbocycles. The second kappa shape index (κ2) is 7.54. The van der Waals surface area contributed by atoms with Crippen LogP contribution >= 0.6 is 0 Å². The van der Waals surface area contributed by atoms with Crippen LogP contribution in [0.2, 0.25) is 25.7 Å². The van der Waals surface area contributed by atoms with E-state index in [0.29, 0.717) is 5.75 Å².